The van der Waals surface area contributed by atoms with Crippen LogP contribution in [0.1, 0.15) is 13.3 Å². The molecule has 3 heteroatoms. The Kier molecular flexibility index (Phi) is 5.14. The predicted octanol–water partition coefficient (Wildman–Crippen LogP) is 1.28. The number of nitrogens with zero attached hydrogens (tertiary/aromatic N) is 1. The van der Waals surface area contributed by atoms with Crippen LogP contribution in [-0.4, -0.2) is 49.6 Å². The van der Waals surface area contributed by atoms with Crippen molar-refractivity contribution < 1.29 is 0 Å². The van der Waals surface area contributed by atoms with E-state index in [2.05, 4.69) is 23.4 Å². The summed E-state index contributed by atoms with van der Waals surface area (Å²) in [7, 11) is 2.05. The molecule has 1 fully saturated rings. The normalized spacial score (nSPS) is 26.5. The van der Waals surface area contributed by atoms with Gasteiger partial charge in [-0.1, -0.05) is 0 Å². The molecule has 0 aliphatic carbocycles. The standard InChI is InChI=1S/C10H22N2S/c1-9(8-13-3)12-5-4-10(7-12)6-11-2/h9-11H,4-8H2,1-3H3. The molecule has 0 bridgehead atoms. The third-order valence-electron chi connectivity index (χ3n) is 2.84. The maximum absolute atomic E-state index is 3.27. The van der Waals surface area contributed by atoms with Crippen LogP contribution in [0.25, 0.3) is 0 Å². The van der Waals surface area contributed by atoms with Crippen molar-refractivity contribution in [2.75, 3.05) is 38.7 Å². The Labute approximate surface area is 86.5 Å². The van der Waals surface area contributed by atoms with Gasteiger partial charge in [0.05, 0.1) is 0 Å². The topological polar surface area (TPSA) is 15.3 Å². The quantitative estimate of drug-likeness (QED) is 0.723. The molecule has 1 rings (SSSR count). The van der Waals surface area contributed by atoms with Gasteiger partial charge >= 0.3 is 0 Å². The summed E-state index contributed by atoms with van der Waals surface area (Å²) >= 11 is 1.95. The second kappa shape index (κ2) is 5.89. The molecule has 0 aromatic carbocycles. The van der Waals surface area contributed by atoms with E-state index in [9.17, 15) is 0 Å². The molecule has 1 aliphatic rings. The van der Waals surface area contributed by atoms with Gasteiger partial charge < -0.3 is 5.32 Å². The van der Waals surface area contributed by atoms with Crippen LogP contribution in [0.5, 0.6) is 0 Å². The Morgan fingerprint density at radius 3 is 3.00 bits per heavy atom. The van der Waals surface area contributed by atoms with Crippen LogP contribution < -0.4 is 5.32 Å². The van der Waals surface area contributed by atoms with Gasteiger partial charge in [0, 0.05) is 18.3 Å². The molecule has 0 aromatic rings. The van der Waals surface area contributed by atoms with E-state index in [1.165, 1.54) is 31.8 Å². The van der Waals surface area contributed by atoms with Crippen molar-refractivity contribution in [1.82, 2.24) is 10.2 Å². The minimum Gasteiger partial charge on any atom is -0.319 e. The number of hydrogen-bond acceptors (Lipinski definition) is 3. The van der Waals surface area contributed by atoms with Crippen LogP contribution in [-0.2, 0) is 0 Å². The number of hydrogen-bond donors (Lipinski definition) is 1. The summed E-state index contributed by atoms with van der Waals surface area (Å²) in [5, 5.41) is 3.27. The summed E-state index contributed by atoms with van der Waals surface area (Å²) in [4.78, 5) is 2.62. The summed E-state index contributed by atoms with van der Waals surface area (Å²) in [6.07, 6.45) is 3.57. The van der Waals surface area contributed by atoms with Crippen LogP contribution in [0.4, 0.5) is 0 Å². The molecule has 13 heavy (non-hydrogen) atoms. The fraction of sp³-hybridized carbons (Fsp3) is 1.00. The Morgan fingerprint density at radius 2 is 2.38 bits per heavy atom. The van der Waals surface area contributed by atoms with Crippen molar-refractivity contribution in [3.8, 4) is 0 Å². The van der Waals surface area contributed by atoms with Crippen molar-refractivity contribution in [3.05, 3.63) is 0 Å². The molecule has 2 nitrogen and oxygen atoms in total. The fourth-order valence-corrected chi connectivity index (χ4v) is 2.76. The van der Waals surface area contributed by atoms with Gasteiger partial charge in [-0.05, 0) is 45.7 Å². The lowest BCUT2D eigenvalue weighted by Gasteiger charge is -2.23. The molecule has 2 unspecified atom stereocenters. The molecular formula is C10H22N2S. The Balaban J connectivity index is 2.23. The van der Waals surface area contributed by atoms with E-state index in [1.54, 1.807) is 0 Å². The number of nitrogens with one attached hydrogen (secondary N) is 1. The zero-order valence-corrected chi connectivity index (χ0v) is 9.86. The molecule has 1 N–H and O–H groups in total. The van der Waals surface area contributed by atoms with Gasteiger partial charge in [0.15, 0.2) is 0 Å². The fourth-order valence-electron chi connectivity index (χ4n) is 2.06. The molecule has 0 amide bonds. The maximum Gasteiger partial charge on any atom is 0.0158 e. The largest absolute Gasteiger partial charge is 0.319 e. The van der Waals surface area contributed by atoms with Gasteiger partial charge in [0.2, 0.25) is 0 Å². The monoisotopic (exact) mass is 202 g/mol. The van der Waals surface area contributed by atoms with E-state index in [4.69, 9.17) is 0 Å². The summed E-state index contributed by atoms with van der Waals surface area (Å²) in [5.74, 6) is 2.15. The number of thioether (sulfide) groups is 1. The zero-order chi connectivity index (χ0) is 9.68. The van der Waals surface area contributed by atoms with Crippen LogP contribution in [0, 0.1) is 5.92 Å². The molecule has 0 saturated carbocycles. The maximum atomic E-state index is 3.27. The third-order valence-corrected chi connectivity index (χ3v) is 3.66. The minimum atomic E-state index is 0.761. The lowest BCUT2D eigenvalue weighted by Crippen LogP contribution is -2.33. The molecule has 0 spiro atoms. The second-order valence-corrected chi connectivity index (χ2v) is 4.92. The van der Waals surface area contributed by atoms with Crippen molar-refractivity contribution in [3.63, 3.8) is 0 Å². The van der Waals surface area contributed by atoms with E-state index in [1.807, 2.05) is 18.8 Å². The highest BCUT2D eigenvalue weighted by Crippen LogP contribution is 2.19. The molecule has 1 heterocycles. The summed E-state index contributed by atoms with van der Waals surface area (Å²) < 4.78 is 0. The minimum absolute atomic E-state index is 0.761. The second-order valence-electron chi connectivity index (χ2n) is 4.01. The molecule has 0 aromatic heterocycles. The first-order chi connectivity index (χ1) is 6.27. The number of rotatable bonds is 5. The van der Waals surface area contributed by atoms with Crippen molar-refractivity contribution in [2.45, 2.75) is 19.4 Å². The molecule has 1 aliphatic heterocycles. The molecule has 78 valence electrons. The smallest absolute Gasteiger partial charge is 0.0158 e. The van der Waals surface area contributed by atoms with E-state index in [0.717, 1.165) is 12.0 Å². The summed E-state index contributed by atoms with van der Waals surface area (Å²) in [6, 6.07) is 0.761. The van der Waals surface area contributed by atoms with Gasteiger partial charge in [0.1, 0.15) is 0 Å². The predicted molar refractivity (Wildman–Crippen MR) is 61.5 cm³/mol. The highest BCUT2D eigenvalue weighted by atomic mass is 32.2. The van der Waals surface area contributed by atoms with E-state index in [-0.39, 0.29) is 0 Å². The lowest BCUT2D eigenvalue weighted by atomic mass is 10.1. The SMILES string of the molecule is CNCC1CCN(C(C)CSC)C1. The average Bonchev–Trinajstić information content (AvgIpc) is 2.54. The molecular weight excluding hydrogens is 180 g/mol. The van der Waals surface area contributed by atoms with Gasteiger partial charge in [0.25, 0.3) is 0 Å². The highest BCUT2D eigenvalue weighted by Gasteiger charge is 2.24. The van der Waals surface area contributed by atoms with E-state index in [0.29, 0.717) is 0 Å². The summed E-state index contributed by atoms with van der Waals surface area (Å²) in [6.45, 7) is 6.12. The highest BCUT2D eigenvalue weighted by molar-refractivity contribution is 7.98. The third kappa shape index (κ3) is 3.49. The van der Waals surface area contributed by atoms with Gasteiger partial charge in [-0.3, -0.25) is 4.90 Å². The van der Waals surface area contributed by atoms with E-state index < -0.39 is 0 Å². The van der Waals surface area contributed by atoms with Crippen LogP contribution in [0.15, 0.2) is 0 Å². The summed E-state index contributed by atoms with van der Waals surface area (Å²) in [5.41, 5.74) is 0. The Bertz CT molecular complexity index is 141. The van der Waals surface area contributed by atoms with Gasteiger partial charge in [-0.25, -0.2) is 0 Å². The van der Waals surface area contributed by atoms with Crippen LogP contribution >= 0.6 is 11.8 Å². The first-order valence-corrected chi connectivity index (χ1v) is 6.55. The molecule has 1 saturated heterocycles. The van der Waals surface area contributed by atoms with Crippen molar-refractivity contribution in [1.29, 1.82) is 0 Å². The average molecular weight is 202 g/mol. The zero-order valence-electron chi connectivity index (χ0n) is 9.05. The lowest BCUT2D eigenvalue weighted by molar-refractivity contribution is 0.268. The van der Waals surface area contributed by atoms with E-state index >= 15 is 0 Å². The molecule has 2 atom stereocenters. The van der Waals surface area contributed by atoms with Crippen molar-refractivity contribution in [2.24, 2.45) is 5.92 Å². The van der Waals surface area contributed by atoms with Crippen molar-refractivity contribution >= 4 is 11.8 Å². The first-order valence-electron chi connectivity index (χ1n) is 5.15. The van der Waals surface area contributed by atoms with Crippen LogP contribution in [0.2, 0.25) is 0 Å². The number of likely N-dealkylation sites (tertiary alicyclic amines) is 1. The van der Waals surface area contributed by atoms with Crippen LogP contribution in [0.3, 0.4) is 0 Å². The van der Waals surface area contributed by atoms with Gasteiger partial charge in [-0.15, -0.1) is 0 Å². The first kappa shape index (κ1) is 11.3. The Morgan fingerprint density at radius 1 is 1.62 bits per heavy atom. The molecule has 0 radical (unpaired) electrons. The van der Waals surface area contributed by atoms with Gasteiger partial charge in [-0.2, -0.15) is 11.8 Å². The Hall–Kier alpha value is 0.270.